The number of benzene rings is 1. The molecule has 1 atom stereocenters. The number of anilines is 1. The van der Waals surface area contributed by atoms with Crippen LogP contribution < -0.4 is 16.0 Å². The van der Waals surface area contributed by atoms with Crippen molar-refractivity contribution < 1.29 is 24.2 Å². The highest BCUT2D eigenvalue weighted by Crippen LogP contribution is 2.23. The minimum atomic E-state index is -0.922. The van der Waals surface area contributed by atoms with E-state index in [0.29, 0.717) is 38.3 Å². The highest BCUT2D eigenvalue weighted by Gasteiger charge is 2.26. The van der Waals surface area contributed by atoms with Crippen molar-refractivity contribution in [2.45, 2.75) is 45.0 Å². The summed E-state index contributed by atoms with van der Waals surface area (Å²) >= 11 is 0. The van der Waals surface area contributed by atoms with Gasteiger partial charge in [-0.25, -0.2) is 19.6 Å². The minimum absolute atomic E-state index is 0.0314. The summed E-state index contributed by atoms with van der Waals surface area (Å²) in [7, 11) is 0. The first kappa shape index (κ1) is 23.9. The van der Waals surface area contributed by atoms with Gasteiger partial charge in [0.05, 0.1) is 6.10 Å². The summed E-state index contributed by atoms with van der Waals surface area (Å²) < 4.78 is 10.7. The van der Waals surface area contributed by atoms with E-state index in [1.165, 1.54) is 0 Å². The number of rotatable bonds is 8. The number of carbonyl (C=O) groups excluding carboxylic acids is 1. The van der Waals surface area contributed by atoms with Gasteiger partial charge in [0.25, 0.3) is 0 Å². The molecule has 0 spiro atoms. The second kappa shape index (κ2) is 11.2. The number of carbonyl (C=O) groups is 2. The van der Waals surface area contributed by atoms with E-state index in [9.17, 15) is 9.59 Å². The van der Waals surface area contributed by atoms with Gasteiger partial charge in [-0.1, -0.05) is 25.1 Å². The smallest absolute Gasteiger partial charge is 0.414 e. The molecule has 0 bridgehead atoms. The molecule has 2 heterocycles. The summed E-state index contributed by atoms with van der Waals surface area (Å²) in [5.41, 5.74) is 7.56. The van der Waals surface area contributed by atoms with Gasteiger partial charge in [-0.05, 0) is 36.5 Å². The molecule has 33 heavy (non-hydrogen) atoms. The summed E-state index contributed by atoms with van der Waals surface area (Å²) in [5.74, 6) is -0.787. The van der Waals surface area contributed by atoms with Gasteiger partial charge in [0.1, 0.15) is 6.61 Å². The summed E-state index contributed by atoms with van der Waals surface area (Å²) in [6.45, 7) is 3.21. The molecule has 1 saturated heterocycles. The lowest BCUT2D eigenvalue weighted by molar-refractivity contribution is -0.155. The number of aliphatic carboxylic acids is 1. The van der Waals surface area contributed by atoms with Crippen LogP contribution in [-0.2, 0) is 20.9 Å². The molecule has 176 valence electrons. The number of nitrogens with two attached hydrogens (primary N) is 1. The number of carboxylic acids is 1. The van der Waals surface area contributed by atoms with Crippen molar-refractivity contribution in [3.63, 3.8) is 0 Å². The predicted octanol–water partition coefficient (Wildman–Crippen LogP) is 2.11. The quantitative estimate of drug-likeness (QED) is 0.344. The Balaban J connectivity index is 1.56. The molecule has 5 N–H and O–H groups in total. The number of nitrogens with one attached hydrogen (secondary N) is 2. The van der Waals surface area contributed by atoms with Crippen molar-refractivity contribution in [2.24, 2.45) is 5.73 Å². The molecule has 1 aliphatic heterocycles. The van der Waals surface area contributed by atoms with E-state index in [2.05, 4.69) is 20.2 Å². The number of alkyl carbamates (subject to hydrolysis) is 1. The Hall–Kier alpha value is -3.73. The Bertz CT molecular complexity index is 975. The van der Waals surface area contributed by atoms with Crippen molar-refractivity contribution >= 4 is 24.0 Å². The fraction of sp³-hybridized carbons (Fsp3) is 0.409. The Morgan fingerprint density at radius 2 is 1.97 bits per heavy atom. The molecule has 0 aliphatic carbocycles. The topological polar surface area (TPSA) is 164 Å². The molecule has 1 unspecified atom stereocenters. The summed E-state index contributed by atoms with van der Waals surface area (Å²) in [6, 6.07) is 7.44. The number of piperidine rings is 1. The van der Waals surface area contributed by atoms with Crippen LogP contribution in [0.2, 0.25) is 0 Å². The number of guanidine groups is 1. The molecule has 1 aromatic carbocycles. The second-order valence-corrected chi connectivity index (χ2v) is 7.64. The third-order valence-electron chi connectivity index (χ3n) is 5.23. The highest BCUT2D eigenvalue weighted by molar-refractivity contribution is 5.90. The molecule has 3 rings (SSSR count). The highest BCUT2D eigenvalue weighted by atomic mass is 16.5. The molecule has 1 aromatic heterocycles. The monoisotopic (exact) mass is 456 g/mol. The lowest BCUT2D eigenvalue weighted by Crippen LogP contribution is -2.40. The Morgan fingerprint density at radius 1 is 1.27 bits per heavy atom. The van der Waals surface area contributed by atoms with Gasteiger partial charge in [0.2, 0.25) is 5.95 Å². The average Bonchev–Trinajstić information content (AvgIpc) is 2.81. The maximum atomic E-state index is 11.5. The van der Waals surface area contributed by atoms with Gasteiger partial charge in [-0.3, -0.25) is 10.7 Å². The maximum absolute atomic E-state index is 11.5. The molecular weight excluding hydrogens is 428 g/mol. The van der Waals surface area contributed by atoms with Crippen LogP contribution >= 0.6 is 0 Å². The van der Waals surface area contributed by atoms with Gasteiger partial charge in [-0.15, -0.1) is 0 Å². The lowest BCUT2D eigenvalue weighted by Gasteiger charge is -2.33. The fourth-order valence-corrected chi connectivity index (χ4v) is 3.52. The normalized spacial score (nSPS) is 15.0. The Morgan fingerprint density at radius 3 is 2.58 bits per heavy atom. The number of amides is 1. The van der Waals surface area contributed by atoms with Crippen LogP contribution in [0.5, 0.6) is 0 Å². The molecule has 0 saturated carbocycles. The van der Waals surface area contributed by atoms with Crippen molar-refractivity contribution in [1.82, 2.24) is 15.3 Å². The number of aromatic nitrogens is 2. The van der Waals surface area contributed by atoms with Crippen LogP contribution in [0, 0.1) is 5.41 Å². The number of hydrogen-bond acceptors (Lipinski definition) is 8. The van der Waals surface area contributed by atoms with Crippen LogP contribution in [-0.4, -0.2) is 58.4 Å². The van der Waals surface area contributed by atoms with Crippen LogP contribution in [0.25, 0.3) is 11.1 Å². The molecule has 0 radical (unpaired) electrons. The first-order chi connectivity index (χ1) is 15.9. The largest absolute Gasteiger partial charge is 0.479 e. The van der Waals surface area contributed by atoms with E-state index < -0.39 is 24.1 Å². The van der Waals surface area contributed by atoms with Gasteiger partial charge in [0, 0.05) is 31.0 Å². The standard InChI is InChI=1S/C22H28N6O5/c1-2-18(19(29)30)33-17-6-8-28(9-7-17)21-25-11-16(12-26-21)15-5-3-4-14(10-15)13-32-22(31)27-20(23)24/h3-5,10-12,17-18H,2,6-9,13H2,1H3,(H,29,30)(H4,23,24,27,31). The Kier molecular flexibility index (Phi) is 8.14. The lowest BCUT2D eigenvalue weighted by atomic mass is 10.1. The molecule has 11 nitrogen and oxygen atoms in total. The predicted molar refractivity (Wildman–Crippen MR) is 121 cm³/mol. The van der Waals surface area contributed by atoms with E-state index >= 15 is 0 Å². The van der Waals surface area contributed by atoms with Crippen LogP contribution in [0.3, 0.4) is 0 Å². The Labute approximate surface area is 191 Å². The first-order valence-electron chi connectivity index (χ1n) is 10.7. The summed E-state index contributed by atoms with van der Waals surface area (Å²) in [5, 5.41) is 18.2. The van der Waals surface area contributed by atoms with Gasteiger partial charge in [-0.2, -0.15) is 0 Å². The van der Waals surface area contributed by atoms with Crippen LogP contribution in [0.15, 0.2) is 36.7 Å². The number of hydrogen-bond donors (Lipinski definition) is 4. The molecule has 1 aliphatic rings. The molecule has 11 heteroatoms. The average molecular weight is 457 g/mol. The zero-order valence-corrected chi connectivity index (χ0v) is 18.4. The van der Waals surface area contributed by atoms with Gasteiger partial charge >= 0.3 is 12.1 Å². The van der Waals surface area contributed by atoms with Crippen LogP contribution in [0.4, 0.5) is 10.7 Å². The first-order valence-corrected chi connectivity index (χ1v) is 10.7. The van der Waals surface area contributed by atoms with Crippen molar-refractivity contribution in [3.8, 4) is 11.1 Å². The van der Waals surface area contributed by atoms with Crippen LogP contribution in [0.1, 0.15) is 31.7 Å². The molecule has 1 amide bonds. The van der Waals surface area contributed by atoms with Crippen molar-refractivity contribution in [2.75, 3.05) is 18.0 Å². The van der Waals surface area contributed by atoms with Gasteiger partial charge in [0.15, 0.2) is 12.1 Å². The minimum Gasteiger partial charge on any atom is -0.479 e. The third kappa shape index (κ3) is 6.88. The van der Waals surface area contributed by atoms with Crippen molar-refractivity contribution in [3.05, 3.63) is 42.2 Å². The second-order valence-electron chi connectivity index (χ2n) is 7.64. The SMILES string of the molecule is CCC(OC1CCN(c2ncc(-c3cccc(COC(=O)NC(=N)N)c3)cn2)CC1)C(=O)O. The van der Waals surface area contributed by atoms with Crippen molar-refractivity contribution in [1.29, 1.82) is 5.41 Å². The maximum Gasteiger partial charge on any atom is 0.414 e. The van der Waals surface area contributed by atoms with E-state index in [0.717, 1.165) is 16.7 Å². The van der Waals surface area contributed by atoms with E-state index in [1.54, 1.807) is 19.3 Å². The molecule has 1 fully saturated rings. The summed E-state index contributed by atoms with van der Waals surface area (Å²) in [4.78, 5) is 33.7. The molecule has 2 aromatic rings. The number of nitrogens with zero attached hydrogens (tertiary/aromatic N) is 3. The van der Waals surface area contributed by atoms with E-state index in [-0.39, 0.29) is 12.7 Å². The van der Waals surface area contributed by atoms with E-state index in [1.807, 2.05) is 24.3 Å². The number of ether oxygens (including phenoxy) is 2. The third-order valence-corrected chi connectivity index (χ3v) is 5.23. The number of carboxylic acid groups (broad SMARTS) is 1. The summed E-state index contributed by atoms with van der Waals surface area (Å²) in [6.07, 6.45) is 3.73. The zero-order valence-electron chi connectivity index (χ0n) is 18.4. The van der Waals surface area contributed by atoms with E-state index in [4.69, 9.17) is 25.7 Å². The van der Waals surface area contributed by atoms with Gasteiger partial charge < -0.3 is 25.2 Å². The fourth-order valence-electron chi connectivity index (χ4n) is 3.52. The zero-order chi connectivity index (χ0) is 23.8. The molecular formula is C22H28N6O5.